The molecule has 1 aromatic rings. The number of hydrogen-bond acceptors (Lipinski definition) is 4. The van der Waals surface area contributed by atoms with Gasteiger partial charge in [0.15, 0.2) is 5.78 Å². The lowest BCUT2D eigenvalue weighted by atomic mass is 9.90. The fraction of sp³-hybridized carbons (Fsp3) is 0.556. The molecule has 0 atom stereocenters. The van der Waals surface area contributed by atoms with Gasteiger partial charge in [-0.15, -0.1) is 0 Å². The number of ketones is 1. The van der Waals surface area contributed by atoms with Gasteiger partial charge >= 0.3 is 0 Å². The molecule has 0 saturated carbocycles. The summed E-state index contributed by atoms with van der Waals surface area (Å²) < 4.78 is 13.5. The van der Waals surface area contributed by atoms with Crippen LogP contribution in [0.5, 0.6) is 0 Å². The number of piperazine rings is 1. The number of rotatable bonds is 5. The van der Waals surface area contributed by atoms with Crippen LogP contribution in [0.1, 0.15) is 20.8 Å². The summed E-state index contributed by atoms with van der Waals surface area (Å²) in [7, 11) is 0. The van der Waals surface area contributed by atoms with Gasteiger partial charge in [0.2, 0.25) is 5.91 Å². The molecule has 0 spiro atoms. The van der Waals surface area contributed by atoms with E-state index in [0.717, 1.165) is 26.2 Å². The lowest BCUT2D eigenvalue weighted by Gasteiger charge is -2.35. The Morgan fingerprint density at radius 2 is 1.58 bits per heavy atom. The largest absolute Gasteiger partial charge is 0.322 e. The third kappa shape index (κ3) is 5.39. The van der Waals surface area contributed by atoms with Gasteiger partial charge in [-0.25, -0.2) is 4.39 Å². The number of Topliss-reactive ketones (excluding diaryl/α,β-unsaturated/α-hetero) is 1. The molecule has 1 heterocycles. The van der Waals surface area contributed by atoms with Crippen molar-refractivity contribution in [1.82, 2.24) is 9.80 Å². The Labute approximate surface area is 142 Å². The maximum atomic E-state index is 13.5. The van der Waals surface area contributed by atoms with E-state index in [0.29, 0.717) is 6.54 Å². The third-order valence-corrected chi connectivity index (χ3v) is 4.18. The molecule has 1 aliphatic rings. The highest BCUT2D eigenvalue weighted by Gasteiger charge is 2.26. The van der Waals surface area contributed by atoms with E-state index in [1.165, 1.54) is 6.07 Å². The summed E-state index contributed by atoms with van der Waals surface area (Å²) in [5, 5.41) is 2.60. The first-order chi connectivity index (χ1) is 11.3. The molecule has 0 radical (unpaired) electrons. The fourth-order valence-corrected chi connectivity index (χ4v) is 2.50. The Hall–Kier alpha value is -1.79. The number of carbonyl (C=O) groups is 2. The Kier molecular flexibility index (Phi) is 6.07. The van der Waals surface area contributed by atoms with Crippen molar-refractivity contribution in [3.8, 4) is 0 Å². The number of anilines is 1. The number of nitrogens with one attached hydrogen (secondary N) is 1. The standard InChI is InChI=1S/C18H26FN3O2/c1-18(2,3)16(23)12-21-8-10-22(11-9-21)13-17(24)20-15-7-5-4-6-14(15)19/h4-7H,8-13H2,1-3H3,(H,20,24). The molecule has 0 aromatic heterocycles. The number of carbonyl (C=O) groups excluding carboxylic acids is 2. The molecular formula is C18H26FN3O2. The van der Waals surface area contributed by atoms with Gasteiger partial charge in [0.25, 0.3) is 0 Å². The van der Waals surface area contributed by atoms with E-state index in [2.05, 4.69) is 10.2 Å². The Balaban J connectivity index is 1.76. The van der Waals surface area contributed by atoms with E-state index in [1.807, 2.05) is 25.7 Å². The summed E-state index contributed by atoms with van der Waals surface area (Å²) in [5.41, 5.74) is -0.117. The second kappa shape index (κ2) is 7.85. The first-order valence-corrected chi connectivity index (χ1v) is 8.28. The molecule has 2 rings (SSSR count). The second-order valence-electron chi connectivity index (χ2n) is 7.25. The van der Waals surface area contributed by atoms with Gasteiger partial charge < -0.3 is 5.32 Å². The second-order valence-corrected chi connectivity index (χ2v) is 7.25. The van der Waals surface area contributed by atoms with Crippen molar-refractivity contribution in [2.24, 2.45) is 5.41 Å². The molecule has 1 aliphatic heterocycles. The highest BCUT2D eigenvalue weighted by Crippen LogP contribution is 2.16. The van der Waals surface area contributed by atoms with Crippen LogP contribution in [0, 0.1) is 11.2 Å². The average Bonchev–Trinajstić information content (AvgIpc) is 2.50. The van der Waals surface area contributed by atoms with Gasteiger partial charge in [0.1, 0.15) is 5.82 Å². The van der Waals surface area contributed by atoms with Gasteiger partial charge in [0, 0.05) is 31.6 Å². The molecule has 5 nitrogen and oxygen atoms in total. The van der Waals surface area contributed by atoms with Crippen molar-refractivity contribution in [3.05, 3.63) is 30.1 Å². The Bertz CT molecular complexity index is 590. The fourth-order valence-electron chi connectivity index (χ4n) is 2.50. The molecule has 1 amide bonds. The van der Waals surface area contributed by atoms with Gasteiger partial charge in [-0.05, 0) is 12.1 Å². The number of para-hydroxylation sites is 1. The molecule has 0 unspecified atom stereocenters. The Morgan fingerprint density at radius 3 is 2.12 bits per heavy atom. The summed E-state index contributed by atoms with van der Waals surface area (Å²) in [6, 6.07) is 6.14. The zero-order valence-electron chi connectivity index (χ0n) is 14.6. The summed E-state index contributed by atoms with van der Waals surface area (Å²) in [5.74, 6) is -0.427. The zero-order valence-corrected chi connectivity index (χ0v) is 14.6. The predicted molar refractivity (Wildman–Crippen MR) is 92.4 cm³/mol. The smallest absolute Gasteiger partial charge is 0.238 e. The van der Waals surface area contributed by atoms with Crippen molar-refractivity contribution in [3.63, 3.8) is 0 Å². The van der Waals surface area contributed by atoms with Gasteiger partial charge in [-0.1, -0.05) is 32.9 Å². The van der Waals surface area contributed by atoms with Crippen LogP contribution >= 0.6 is 0 Å². The maximum Gasteiger partial charge on any atom is 0.238 e. The topological polar surface area (TPSA) is 52.7 Å². The minimum Gasteiger partial charge on any atom is -0.322 e. The SMILES string of the molecule is CC(C)(C)C(=O)CN1CCN(CC(=O)Nc2ccccc2F)CC1. The first kappa shape index (κ1) is 18.5. The normalized spacial score (nSPS) is 16.8. The summed E-state index contributed by atoms with van der Waals surface area (Å²) in [6.45, 7) is 9.44. The predicted octanol–water partition coefficient (Wildman–Crippen LogP) is 2.00. The molecule has 1 saturated heterocycles. The van der Waals surface area contributed by atoms with Gasteiger partial charge in [0.05, 0.1) is 18.8 Å². The van der Waals surface area contributed by atoms with Crippen molar-refractivity contribution in [2.75, 3.05) is 44.6 Å². The first-order valence-electron chi connectivity index (χ1n) is 8.28. The molecule has 24 heavy (non-hydrogen) atoms. The minimum atomic E-state index is -0.434. The van der Waals surface area contributed by atoms with Crippen LogP contribution < -0.4 is 5.32 Å². The van der Waals surface area contributed by atoms with Crippen molar-refractivity contribution in [2.45, 2.75) is 20.8 Å². The molecule has 1 fully saturated rings. The van der Waals surface area contributed by atoms with Crippen LogP contribution in [0.25, 0.3) is 0 Å². The lowest BCUT2D eigenvalue weighted by Crippen LogP contribution is -2.50. The van der Waals surface area contributed by atoms with Crippen LogP contribution in [0.2, 0.25) is 0 Å². The molecule has 132 valence electrons. The van der Waals surface area contributed by atoms with Crippen LogP contribution in [-0.2, 0) is 9.59 Å². The van der Waals surface area contributed by atoms with Crippen LogP contribution in [0.4, 0.5) is 10.1 Å². The van der Waals surface area contributed by atoms with Crippen LogP contribution in [0.15, 0.2) is 24.3 Å². The highest BCUT2D eigenvalue weighted by atomic mass is 19.1. The Morgan fingerprint density at radius 1 is 1.04 bits per heavy atom. The monoisotopic (exact) mass is 335 g/mol. The van der Waals surface area contributed by atoms with E-state index < -0.39 is 5.82 Å². The van der Waals surface area contributed by atoms with E-state index in [-0.39, 0.29) is 29.3 Å². The molecule has 0 bridgehead atoms. The van der Waals surface area contributed by atoms with E-state index in [1.54, 1.807) is 18.2 Å². The number of amides is 1. The molecule has 0 aliphatic carbocycles. The number of nitrogens with zero attached hydrogens (tertiary/aromatic N) is 2. The third-order valence-electron chi connectivity index (χ3n) is 4.18. The number of hydrogen-bond donors (Lipinski definition) is 1. The lowest BCUT2D eigenvalue weighted by molar-refractivity contribution is -0.128. The van der Waals surface area contributed by atoms with Gasteiger partial charge in [-0.2, -0.15) is 0 Å². The van der Waals surface area contributed by atoms with E-state index >= 15 is 0 Å². The van der Waals surface area contributed by atoms with Crippen molar-refractivity contribution >= 4 is 17.4 Å². The quantitative estimate of drug-likeness (QED) is 0.894. The van der Waals surface area contributed by atoms with Crippen LogP contribution in [-0.4, -0.2) is 60.8 Å². The minimum absolute atomic E-state index is 0.205. The summed E-state index contributed by atoms with van der Waals surface area (Å²) in [4.78, 5) is 28.3. The number of halogens is 1. The molecule has 1 aromatic carbocycles. The molecule has 1 N–H and O–H groups in total. The summed E-state index contributed by atoms with van der Waals surface area (Å²) >= 11 is 0. The zero-order chi connectivity index (χ0) is 17.7. The molecule has 6 heteroatoms. The van der Waals surface area contributed by atoms with Crippen molar-refractivity contribution < 1.29 is 14.0 Å². The van der Waals surface area contributed by atoms with Gasteiger partial charge in [-0.3, -0.25) is 19.4 Å². The highest BCUT2D eigenvalue weighted by molar-refractivity contribution is 5.92. The summed E-state index contributed by atoms with van der Waals surface area (Å²) in [6.07, 6.45) is 0. The number of benzene rings is 1. The van der Waals surface area contributed by atoms with E-state index in [4.69, 9.17) is 0 Å². The van der Waals surface area contributed by atoms with Crippen molar-refractivity contribution in [1.29, 1.82) is 0 Å². The average molecular weight is 335 g/mol. The molecular weight excluding hydrogens is 309 g/mol. The van der Waals surface area contributed by atoms with Crippen LogP contribution in [0.3, 0.4) is 0 Å². The van der Waals surface area contributed by atoms with E-state index in [9.17, 15) is 14.0 Å². The maximum absolute atomic E-state index is 13.5.